The molecule has 0 amide bonds. The van der Waals surface area contributed by atoms with Crippen molar-refractivity contribution < 1.29 is 97.8 Å². The molecule has 0 aliphatic heterocycles. The van der Waals surface area contributed by atoms with Gasteiger partial charge in [0.05, 0.1) is 0 Å². The highest BCUT2D eigenvalue weighted by Crippen LogP contribution is 2.37. The number of sulfonamides is 4. The molecular weight excluding hydrogens is 624 g/mol. The molecule has 0 aromatic carbocycles. The summed E-state index contributed by atoms with van der Waals surface area (Å²) < 4.78 is 218. The van der Waals surface area contributed by atoms with E-state index < -0.39 is 62.1 Å². The molecule has 0 spiro atoms. The van der Waals surface area contributed by atoms with Gasteiger partial charge in [0.15, 0.2) is 40.1 Å². The third kappa shape index (κ3) is 13.1. The maximum absolute atomic E-state index is 11.4. The van der Waals surface area contributed by atoms with Crippen molar-refractivity contribution in [1.29, 1.82) is 0 Å². The Hall–Kier alpha value is -1.20. The Labute approximate surface area is 188 Å². The van der Waals surface area contributed by atoms with Gasteiger partial charge in [-0.3, -0.25) is 0 Å². The SMILES string of the molecule is CC([NH3+])C[NH3+].O=S(=O)([N-]S(=O)(=O)C(F)(F)F)C(F)(F)F.O=S(=O)([N-]S(=O)(=O)C(F)(F)F)C(F)(F)F. The Bertz CT molecular complexity index is 931. The number of quaternary nitrogens is 2. The molecule has 28 heteroatoms. The molecule has 216 valence electrons. The van der Waals surface area contributed by atoms with Crippen LogP contribution in [0.2, 0.25) is 0 Å². The molecule has 0 saturated heterocycles. The van der Waals surface area contributed by atoms with Crippen LogP contribution in [-0.2, 0) is 40.1 Å². The number of nitrogens with zero attached hydrogens (tertiary/aromatic N) is 2. The van der Waals surface area contributed by atoms with E-state index >= 15 is 0 Å². The van der Waals surface area contributed by atoms with Crippen LogP contribution >= 0.6 is 0 Å². The second-order valence-electron chi connectivity index (χ2n) is 5.23. The first-order valence-electron chi connectivity index (χ1n) is 7.04. The zero-order valence-corrected chi connectivity index (χ0v) is 19.3. The fourth-order valence-corrected chi connectivity index (χ4v) is 3.85. The van der Waals surface area contributed by atoms with E-state index in [1.165, 1.54) is 0 Å². The molecule has 0 saturated carbocycles. The summed E-state index contributed by atoms with van der Waals surface area (Å²) in [5.41, 5.74) is -17.5. The van der Waals surface area contributed by atoms with Crippen molar-refractivity contribution in [3.63, 3.8) is 0 Å². The van der Waals surface area contributed by atoms with E-state index in [-0.39, 0.29) is 0 Å². The molecule has 1 atom stereocenters. The van der Waals surface area contributed by atoms with Gasteiger partial charge in [-0.05, 0) is 6.92 Å². The van der Waals surface area contributed by atoms with Crippen LogP contribution < -0.4 is 11.5 Å². The molecule has 0 heterocycles. The Kier molecular flexibility index (Phi) is 13.0. The summed E-state index contributed by atoms with van der Waals surface area (Å²) in [6.07, 6.45) is 0. The first-order valence-corrected chi connectivity index (χ1v) is 12.8. The van der Waals surface area contributed by atoms with Crippen molar-refractivity contribution in [2.75, 3.05) is 6.54 Å². The minimum absolute atomic E-state index is 0.523. The van der Waals surface area contributed by atoms with Crippen molar-refractivity contribution in [1.82, 2.24) is 0 Å². The molecule has 0 aromatic rings. The van der Waals surface area contributed by atoms with Crippen LogP contribution in [0.15, 0.2) is 0 Å². The molecule has 0 aliphatic carbocycles. The normalized spacial score (nSPS) is 15.3. The lowest BCUT2D eigenvalue weighted by molar-refractivity contribution is -0.488. The number of alkyl halides is 12. The third-order valence-corrected chi connectivity index (χ3v) is 7.54. The van der Waals surface area contributed by atoms with Crippen molar-refractivity contribution in [2.24, 2.45) is 0 Å². The van der Waals surface area contributed by atoms with Gasteiger partial charge in [-0.25, -0.2) is 33.7 Å². The maximum atomic E-state index is 11.4. The minimum Gasteiger partial charge on any atom is -0.421 e. The lowest BCUT2D eigenvalue weighted by atomic mass is 10.4. The average molecular weight is 636 g/mol. The van der Waals surface area contributed by atoms with E-state index in [4.69, 9.17) is 0 Å². The maximum Gasteiger partial charge on any atom is 0.480 e. The highest BCUT2D eigenvalue weighted by atomic mass is 32.3. The first kappa shape index (κ1) is 38.3. The van der Waals surface area contributed by atoms with Crippen LogP contribution in [0.25, 0.3) is 8.25 Å². The second kappa shape index (κ2) is 11.9. The third-order valence-electron chi connectivity index (χ3n) is 2.06. The molecule has 35 heavy (non-hydrogen) atoms. The van der Waals surface area contributed by atoms with Crippen LogP contribution in [0, 0.1) is 0 Å². The first-order chi connectivity index (χ1) is 14.7. The lowest BCUT2D eigenvalue weighted by Crippen LogP contribution is -2.71. The molecule has 0 rings (SSSR count). The summed E-state index contributed by atoms with van der Waals surface area (Å²) >= 11 is 0. The van der Waals surface area contributed by atoms with Gasteiger partial charge in [0.1, 0.15) is 12.6 Å². The largest absolute Gasteiger partial charge is 0.480 e. The van der Waals surface area contributed by atoms with Crippen LogP contribution in [0.1, 0.15) is 6.92 Å². The fourth-order valence-electron chi connectivity index (χ4n) is 0.427. The van der Waals surface area contributed by atoms with Crippen LogP contribution in [0.5, 0.6) is 0 Å². The van der Waals surface area contributed by atoms with Gasteiger partial charge in [-0.15, -0.1) is 0 Å². The lowest BCUT2D eigenvalue weighted by Gasteiger charge is -2.22. The van der Waals surface area contributed by atoms with Gasteiger partial charge in [0.25, 0.3) is 0 Å². The van der Waals surface area contributed by atoms with Gasteiger partial charge < -0.3 is 19.7 Å². The molecule has 12 nitrogen and oxygen atoms in total. The molecule has 0 aliphatic rings. The van der Waals surface area contributed by atoms with Crippen LogP contribution in [0.4, 0.5) is 52.7 Å². The van der Waals surface area contributed by atoms with Crippen molar-refractivity contribution in [3.8, 4) is 0 Å². The fraction of sp³-hybridized carbons (Fsp3) is 1.00. The smallest absolute Gasteiger partial charge is 0.421 e. The zero-order chi connectivity index (χ0) is 29.7. The van der Waals surface area contributed by atoms with E-state index in [1.54, 1.807) is 0 Å². The van der Waals surface area contributed by atoms with E-state index in [2.05, 4.69) is 11.5 Å². The molecule has 0 radical (unpaired) electrons. The highest BCUT2D eigenvalue weighted by Gasteiger charge is 2.48. The Morgan fingerprint density at radius 1 is 0.543 bits per heavy atom. The molecule has 0 aromatic heterocycles. The standard InChI is InChI=1S/C3H10N2.2C2F6NO4S2/c1-3(5)2-4;2*3-1(4,5)14(10,11)9-15(12,13)2(6,7)8/h3H,2,4-5H2,1H3;;/q;2*-1/p+2. The topological polar surface area (TPSA) is 220 Å². The number of halogens is 12. The molecule has 0 bridgehead atoms. The molecule has 0 fully saturated rings. The van der Waals surface area contributed by atoms with Gasteiger partial charge in [0, 0.05) is 0 Å². The van der Waals surface area contributed by atoms with E-state index in [0.29, 0.717) is 6.04 Å². The number of hydrogen-bond acceptors (Lipinski definition) is 8. The summed E-state index contributed by atoms with van der Waals surface area (Å²) in [5, 5.41) is 0. The Morgan fingerprint density at radius 2 is 0.657 bits per heavy atom. The van der Waals surface area contributed by atoms with Crippen molar-refractivity contribution in [3.05, 3.63) is 8.25 Å². The Morgan fingerprint density at radius 3 is 0.714 bits per heavy atom. The summed E-state index contributed by atoms with van der Waals surface area (Å²) in [7, 11) is -26.9. The van der Waals surface area contributed by atoms with E-state index in [0.717, 1.165) is 14.8 Å². The van der Waals surface area contributed by atoms with Crippen LogP contribution in [-0.4, -0.2) is 68.3 Å². The summed E-state index contributed by atoms with van der Waals surface area (Å²) in [6.45, 7) is 2.99. The van der Waals surface area contributed by atoms with E-state index in [1.807, 2.05) is 6.92 Å². The van der Waals surface area contributed by atoms with Crippen LogP contribution in [0.3, 0.4) is 0 Å². The Balaban J connectivity index is -0.000000491. The van der Waals surface area contributed by atoms with Crippen molar-refractivity contribution in [2.45, 2.75) is 35.0 Å². The number of rotatable bonds is 5. The summed E-state index contributed by atoms with van der Waals surface area (Å²) in [5.74, 6) is 0. The van der Waals surface area contributed by atoms with Gasteiger partial charge in [0.2, 0.25) is 0 Å². The monoisotopic (exact) mass is 636 g/mol. The highest BCUT2D eigenvalue weighted by molar-refractivity contribution is 8.13. The minimum atomic E-state index is -6.72. The van der Waals surface area contributed by atoms with Gasteiger partial charge in [-0.1, -0.05) is 0 Å². The van der Waals surface area contributed by atoms with E-state index in [9.17, 15) is 86.4 Å². The second-order valence-corrected chi connectivity index (χ2v) is 12.1. The zero-order valence-electron chi connectivity index (χ0n) is 16.0. The molecule has 1 unspecified atom stereocenters. The predicted octanol–water partition coefficient (Wildman–Crippen LogP) is -0.0227. The number of hydrogen-bond donors (Lipinski definition) is 2. The quantitative estimate of drug-likeness (QED) is 0.390. The van der Waals surface area contributed by atoms with Crippen molar-refractivity contribution >= 4 is 40.1 Å². The predicted molar refractivity (Wildman–Crippen MR) is 86.7 cm³/mol. The average Bonchev–Trinajstić information content (AvgIpc) is 2.49. The molecular formula is C7H12F12N4O8S4. The van der Waals surface area contributed by atoms with Gasteiger partial charge >= 0.3 is 22.0 Å². The summed E-state index contributed by atoms with van der Waals surface area (Å²) in [6, 6.07) is 0.523. The van der Waals surface area contributed by atoms with Gasteiger partial charge in [-0.2, -0.15) is 52.7 Å². The summed E-state index contributed by atoms with van der Waals surface area (Å²) in [4.78, 5) is 0. The molecule has 6 N–H and O–H groups in total.